The maximum absolute atomic E-state index is 11.6. The third-order valence-electron chi connectivity index (χ3n) is 11.0. The van der Waals surface area contributed by atoms with Gasteiger partial charge in [0.2, 0.25) is 0 Å². The first-order valence-electron chi connectivity index (χ1n) is 13.1. The highest BCUT2D eigenvalue weighted by Gasteiger charge is 2.67. The SMILES string of the molecule is CC(C)CCC[C@@H](C)[C@H]1CC[C@H]2[C@@H]3C[C@@H](O)[C@]4(O)C[C@@H](O)CC[C@]4(C)[C@H]3CC[C@]12C. The van der Waals surface area contributed by atoms with Crippen LogP contribution >= 0.6 is 0 Å². The average molecular weight is 421 g/mol. The van der Waals surface area contributed by atoms with Crippen LogP contribution < -0.4 is 0 Å². The molecular formula is C27H48O3. The second-order valence-electron chi connectivity index (χ2n) is 12.9. The van der Waals surface area contributed by atoms with Gasteiger partial charge < -0.3 is 15.3 Å². The highest BCUT2D eigenvalue weighted by Crippen LogP contribution is 2.69. The molecule has 0 spiro atoms. The molecule has 0 bridgehead atoms. The number of hydrogen-bond donors (Lipinski definition) is 3. The zero-order valence-corrected chi connectivity index (χ0v) is 20.2. The Hall–Kier alpha value is -0.120. The quantitative estimate of drug-likeness (QED) is 0.546. The molecule has 10 atom stereocenters. The van der Waals surface area contributed by atoms with E-state index in [1.54, 1.807) is 0 Å². The van der Waals surface area contributed by atoms with Gasteiger partial charge >= 0.3 is 0 Å². The van der Waals surface area contributed by atoms with Crippen molar-refractivity contribution >= 4 is 0 Å². The fraction of sp³-hybridized carbons (Fsp3) is 1.00. The van der Waals surface area contributed by atoms with Gasteiger partial charge in [0.05, 0.1) is 17.8 Å². The summed E-state index contributed by atoms with van der Waals surface area (Å²) in [6, 6.07) is 0. The van der Waals surface area contributed by atoms with Gasteiger partial charge in [0, 0.05) is 11.8 Å². The molecule has 0 aromatic heterocycles. The Morgan fingerprint density at radius 1 is 0.900 bits per heavy atom. The highest BCUT2D eigenvalue weighted by molar-refractivity contribution is 5.17. The minimum atomic E-state index is -1.11. The fourth-order valence-electron chi connectivity index (χ4n) is 9.29. The molecular weight excluding hydrogens is 372 g/mol. The first-order valence-corrected chi connectivity index (χ1v) is 13.1. The van der Waals surface area contributed by atoms with Gasteiger partial charge in [-0.1, -0.05) is 53.9 Å². The Balaban J connectivity index is 1.53. The second kappa shape index (κ2) is 8.03. The third kappa shape index (κ3) is 3.41. The van der Waals surface area contributed by atoms with E-state index in [1.165, 1.54) is 44.9 Å². The Bertz CT molecular complexity index is 619. The minimum absolute atomic E-state index is 0.253. The molecule has 0 radical (unpaired) electrons. The largest absolute Gasteiger partial charge is 0.393 e. The Morgan fingerprint density at radius 3 is 2.33 bits per heavy atom. The molecule has 4 aliphatic rings. The second-order valence-corrected chi connectivity index (χ2v) is 12.9. The molecule has 3 heteroatoms. The van der Waals surface area contributed by atoms with Gasteiger partial charge in [0.15, 0.2) is 0 Å². The lowest BCUT2D eigenvalue weighted by molar-refractivity contribution is -0.264. The van der Waals surface area contributed by atoms with Crippen molar-refractivity contribution in [3.8, 4) is 0 Å². The van der Waals surface area contributed by atoms with Crippen LogP contribution in [0.5, 0.6) is 0 Å². The van der Waals surface area contributed by atoms with Crippen molar-refractivity contribution in [2.75, 3.05) is 0 Å². The molecule has 4 saturated carbocycles. The van der Waals surface area contributed by atoms with Crippen molar-refractivity contribution in [1.29, 1.82) is 0 Å². The van der Waals surface area contributed by atoms with Crippen LogP contribution in [0.25, 0.3) is 0 Å². The van der Waals surface area contributed by atoms with Crippen molar-refractivity contribution in [1.82, 2.24) is 0 Å². The monoisotopic (exact) mass is 420 g/mol. The van der Waals surface area contributed by atoms with Crippen LogP contribution in [-0.2, 0) is 0 Å². The van der Waals surface area contributed by atoms with E-state index in [1.807, 2.05) is 0 Å². The summed E-state index contributed by atoms with van der Waals surface area (Å²) in [5.74, 6) is 4.13. The summed E-state index contributed by atoms with van der Waals surface area (Å²) in [4.78, 5) is 0. The smallest absolute Gasteiger partial charge is 0.0985 e. The van der Waals surface area contributed by atoms with Crippen molar-refractivity contribution in [2.45, 2.75) is 123 Å². The van der Waals surface area contributed by atoms with E-state index in [9.17, 15) is 15.3 Å². The third-order valence-corrected chi connectivity index (χ3v) is 11.0. The van der Waals surface area contributed by atoms with Gasteiger partial charge in [0.1, 0.15) is 0 Å². The summed E-state index contributed by atoms with van der Waals surface area (Å²) in [6.07, 6.45) is 10.7. The Morgan fingerprint density at radius 2 is 1.63 bits per heavy atom. The number of rotatable bonds is 5. The van der Waals surface area contributed by atoms with E-state index < -0.39 is 17.8 Å². The molecule has 3 N–H and O–H groups in total. The molecule has 0 amide bonds. The molecule has 3 nitrogen and oxygen atoms in total. The molecule has 4 fully saturated rings. The summed E-state index contributed by atoms with van der Waals surface area (Å²) in [5, 5.41) is 33.0. The van der Waals surface area contributed by atoms with Gasteiger partial charge in [-0.3, -0.25) is 0 Å². The van der Waals surface area contributed by atoms with Crippen LogP contribution in [0, 0.1) is 46.3 Å². The van der Waals surface area contributed by atoms with Crippen LogP contribution in [0.1, 0.15) is 105 Å². The first kappa shape index (κ1) is 23.1. The topological polar surface area (TPSA) is 60.7 Å². The predicted octanol–water partition coefficient (Wildman–Crippen LogP) is 5.55. The van der Waals surface area contributed by atoms with E-state index in [4.69, 9.17) is 0 Å². The molecule has 0 aromatic rings. The van der Waals surface area contributed by atoms with Gasteiger partial charge in [-0.05, 0) is 85.9 Å². The van der Waals surface area contributed by atoms with Crippen molar-refractivity contribution in [3.63, 3.8) is 0 Å². The van der Waals surface area contributed by atoms with Gasteiger partial charge in [-0.25, -0.2) is 0 Å². The first-order chi connectivity index (χ1) is 14.0. The van der Waals surface area contributed by atoms with Crippen molar-refractivity contribution in [3.05, 3.63) is 0 Å². The van der Waals surface area contributed by atoms with Crippen LogP contribution in [0.4, 0.5) is 0 Å². The number of hydrogen-bond acceptors (Lipinski definition) is 3. The van der Waals surface area contributed by atoms with Gasteiger partial charge in [0.25, 0.3) is 0 Å². The van der Waals surface area contributed by atoms with E-state index >= 15 is 0 Å². The molecule has 4 aliphatic carbocycles. The van der Waals surface area contributed by atoms with E-state index in [0.717, 1.165) is 37.0 Å². The fourth-order valence-corrected chi connectivity index (χ4v) is 9.29. The van der Waals surface area contributed by atoms with Crippen molar-refractivity contribution < 1.29 is 15.3 Å². The van der Waals surface area contributed by atoms with Crippen LogP contribution in [0.2, 0.25) is 0 Å². The van der Waals surface area contributed by atoms with E-state index in [-0.39, 0.29) is 5.41 Å². The van der Waals surface area contributed by atoms with Crippen LogP contribution in [0.15, 0.2) is 0 Å². The molecule has 174 valence electrons. The lowest BCUT2D eigenvalue weighted by atomic mass is 9.42. The normalized spacial score (nSPS) is 51.9. The summed E-state index contributed by atoms with van der Waals surface area (Å²) in [6.45, 7) is 12.0. The Kier molecular flexibility index (Phi) is 6.17. The molecule has 4 rings (SSSR count). The maximum atomic E-state index is 11.6. The molecule has 0 saturated heterocycles. The van der Waals surface area contributed by atoms with Crippen molar-refractivity contribution in [2.24, 2.45) is 46.3 Å². The zero-order chi connectivity index (χ0) is 21.9. The number of aliphatic hydroxyl groups is 3. The molecule has 0 aliphatic heterocycles. The summed E-state index contributed by atoms with van der Waals surface area (Å²) < 4.78 is 0. The zero-order valence-electron chi connectivity index (χ0n) is 20.2. The van der Waals surface area contributed by atoms with Crippen LogP contribution in [-0.4, -0.2) is 33.1 Å². The predicted molar refractivity (Wildman–Crippen MR) is 122 cm³/mol. The standard InChI is InChI=1S/C27H48O3/c1-17(2)7-6-8-18(3)21-9-10-22-20-15-24(29)27(30)16-19(28)11-14-26(27,5)23(20)12-13-25(21,22)4/h17-24,28-30H,6-16H2,1-5H3/t18-,19+,20+,21-,22+,23+,24-,25-,26-,27-/m1/s1. The number of fused-ring (bicyclic) bond motifs is 5. The summed E-state index contributed by atoms with van der Waals surface area (Å²) in [7, 11) is 0. The molecule has 0 unspecified atom stereocenters. The highest BCUT2D eigenvalue weighted by atomic mass is 16.3. The van der Waals surface area contributed by atoms with E-state index in [0.29, 0.717) is 29.6 Å². The number of aliphatic hydroxyl groups excluding tert-OH is 2. The Labute approximate surface area is 185 Å². The summed E-state index contributed by atoms with van der Waals surface area (Å²) >= 11 is 0. The maximum Gasteiger partial charge on any atom is 0.0985 e. The van der Waals surface area contributed by atoms with E-state index in [2.05, 4.69) is 34.6 Å². The molecule has 30 heavy (non-hydrogen) atoms. The van der Waals surface area contributed by atoms with Gasteiger partial charge in [-0.2, -0.15) is 0 Å². The van der Waals surface area contributed by atoms with Gasteiger partial charge in [-0.15, -0.1) is 0 Å². The summed E-state index contributed by atoms with van der Waals surface area (Å²) in [5.41, 5.74) is -0.962. The molecule has 0 heterocycles. The lowest BCUT2D eigenvalue weighted by Gasteiger charge is -2.65. The lowest BCUT2D eigenvalue weighted by Crippen LogP contribution is -2.68. The average Bonchev–Trinajstić information content (AvgIpc) is 3.01. The molecule has 0 aromatic carbocycles. The van der Waals surface area contributed by atoms with Crippen LogP contribution in [0.3, 0.4) is 0 Å². The minimum Gasteiger partial charge on any atom is -0.393 e.